The van der Waals surface area contributed by atoms with Crippen molar-refractivity contribution in [3.63, 3.8) is 0 Å². The number of aromatic nitrogens is 1. The van der Waals surface area contributed by atoms with Gasteiger partial charge in [0.05, 0.1) is 12.1 Å². The lowest BCUT2D eigenvalue weighted by molar-refractivity contribution is 0.0954. The molecule has 0 aliphatic heterocycles. The molecule has 2 aromatic rings. The molecule has 1 amide bonds. The zero-order valence-electron chi connectivity index (χ0n) is 13.5. The number of nitrogens with zero attached hydrogens (tertiary/aromatic N) is 2. The van der Waals surface area contributed by atoms with E-state index in [1.54, 1.807) is 18.3 Å². The average Bonchev–Trinajstić information content (AvgIpc) is 2.60. The number of amides is 1. The third kappa shape index (κ3) is 6.53. The molecule has 1 aromatic heterocycles. The number of halogens is 1. The fraction of sp³-hybridized carbons (Fsp3) is 0.235. The van der Waals surface area contributed by atoms with Gasteiger partial charge in [-0.1, -0.05) is 19.1 Å². The summed E-state index contributed by atoms with van der Waals surface area (Å²) in [5, 5.41) is 5.78. The van der Waals surface area contributed by atoms with Crippen molar-refractivity contribution in [1.29, 1.82) is 0 Å². The molecule has 0 fully saturated rings. The van der Waals surface area contributed by atoms with Crippen LogP contribution in [0.15, 0.2) is 53.8 Å². The van der Waals surface area contributed by atoms with Gasteiger partial charge in [-0.05, 0) is 36.2 Å². The number of nitrogens with one attached hydrogen (secondary N) is 2. The fourth-order valence-electron chi connectivity index (χ4n) is 1.96. The van der Waals surface area contributed by atoms with Crippen molar-refractivity contribution in [2.45, 2.75) is 13.3 Å². The normalized spacial score (nSPS) is 10.6. The Labute approximate surface area is 159 Å². The molecule has 6 nitrogen and oxygen atoms in total. The first kappa shape index (κ1) is 19.9. The van der Waals surface area contributed by atoms with E-state index in [2.05, 4.69) is 27.5 Å². The molecule has 0 unspecified atom stereocenters. The van der Waals surface area contributed by atoms with Crippen molar-refractivity contribution >= 4 is 41.5 Å². The zero-order valence-corrected chi connectivity index (χ0v) is 15.9. The number of rotatable bonds is 6. The fourth-order valence-corrected chi connectivity index (χ4v) is 1.96. The van der Waals surface area contributed by atoms with E-state index in [0.29, 0.717) is 24.6 Å². The molecule has 0 saturated carbocycles. The Bertz CT molecular complexity index is 658. The Morgan fingerprint density at radius 2 is 2.00 bits per heavy atom. The molecule has 0 bridgehead atoms. The summed E-state index contributed by atoms with van der Waals surface area (Å²) in [6, 6.07) is 11.4. The highest BCUT2D eigenvalue weighted by atomic mass is 127. The smallest absolute Gasteiger partial charge is 0.252 e. The number of guanidine groups is 1. The number of carbonyl (C=O) groups excluding carboxylic acids is 1. The highest BCUT2D eigenvalue weighted by molar-refractivity contribution is 14.0. The van der Waals surface area contributed by atoms with Gasteiger partial charge in [0.15, 0.2) is 5.96 Å². The molecule has 0 aliphatic carbocycles. The lowest BCUT2D eigenvalue weighted by Gasteiger charge is -2.07. The van der Waals surface area contributed by atoms with Gasteiger partial charge in [-0.15, -0.1) is 24.0 Å². The maximum atomic E-state index is 11.8. The topological polar surface area (TPSA) is 92.4 Å². The maximum Gasteiger partial charge on any atom is 0.252 e. The maximum absolute atomic E-state index is 11.8. The first-order valence-electron chi connectivity index (χ1n) is 7.53. The lowest BCUT2D eigenvalue weighted by atomic mass is 10.1. The largest absolute Gasteiger partial charge is 0.370 e. The van der Waals surface area contributed by atoms with Crippen molar-refractivity contribution in [2.24, 2.45) is 10.7 Å². The number of nitrogens with two attached hydrogens (primary N) is 1. The van der Waals surface area contributed by atoms with E-state index in [1.807, 2.05) is 24.3 Å². The van der Waals surface area contributed by atoms with Gasteiger partial charge in [0.2, 0.25) is 0 Å². The van der Waals surface area contributed by atoms with Crippen LogP contribution in [-0.4, -0.2) is 29.9 Å². The highest BCUT2D eigenvalue weighted by Crippen LogP contribution is 2.09. The van der Waals surface area contributed by atoms with Gasteiger partial charge >= 0.3 is 0 Å². The van der Waals surface area contributed by atoms with E-state index in [1.165, 1.54) is 11.8 Å². The van der Waals surface area contributed by atoms with E-state index in [4.69, 9.17) is 5.73 Å². The van der Waals surface area contributed by atoms with Gasteiger partial charge in [-0.25, -0.2) is 0 Å². The standard InChI is InChI=1S/C17H21N5O.HI/c1-2-13-5-7-15(8-6-13)22-17(18)21-11-10-20-16(23)14-4-3-9-19-12-14;/h3-9,12H,2,10-11H2,1H3,(H,20,23)(H3,18,21,22);1H. The predicted molar refractivity (Wildman–Crippen MR) is 108 cm³/mol. The second kappa shape index (κ2) is 10.6. The molecule has 1 aromatic carbocycles. The molecule has 0 radical (unpaired) electrons. The number of aliphatic imine (C=N–C) groups is 1. The summed E-state index contributed by atoms with van der Waals surface area (Å²) in [5.74, 6) is 0.153. The van der Waals surface area contributed by atoms with E-state index >= 15 is 0 Å². The summed E-state index contributed by atoms with van der Waals surface area (Å²) >= 11 is 0. The van der Waals surface area contributed by atoms with Crippen LogP contribution in [-0.2, 0) is 6.42 Å². The van der Waals surface area contributed by atoms with Crippen molar-refractivity contribution in [3.05, 3.63) is 59.9 Å². The van der Waals surface area contributed by atoms with Crippen molar-refractivity contribution in [1.82, 2.24) is 10.3 Å². The van der Waals surface area contributed by atoms with Crippen LogP contribution in [0.2, 0.25) is 0 Å². The van der Waals surface area contributed by atoms with E-state index in [9.17, 15) is 4.79 Å². The van der Waals surface area contributed by atoms with Crippen molar-refractivity contribution in [3.8, 4) is 0 Å². The number of aryl methyl sites for hydroxylation is 1. The molecule has 128 valence electrons. The minimum Gasteiger partial charge on any atom is -0.370 e. The van der Waals surface area contributed by atoms with Gasteiger partial charge in [-0.3, -0.25) is 14.8 Å². The molecule has 7 heteroatoms. The quantitative estimate of drug-likeness (QED) is 0.279. The number of benzene rings is 1. The van der Waals surface area contributed by atoms with Gasteiger partial charge < -0.3 is 16.4 Å². The Balaban J connectivity index is 0.00000288. The van der Waals surface area contributed by atoms with E-state index in [-0.39, 0.29) is 29.9 Å². The van der Waals surface area contributed by atoms with Crippen LogP contribution in [0.1, 0.15) is 22.8 Å². The Hall–Kier alpha value is -2.16. The van der Waals surface area contributed by atoms with Crippen LogP contribution in [0.25, 0.3) is 0 Å². The zero-order chi connectivity index (χ0) is 16.5. The van der Waals surface area contributed by atoms with Crippen LogP contribution >= 0.6 is 24.0 Å². The molecule has 0 saturated heterocycles. The first-order chi connectivity index (χ1) is 11.2. The summed E-state index contributed by atoms with van der Waals surface area (Å²) < 4.78 is 0. The van der Waals surface area contributed by atoms with E-state index < -0.39 is 0 Å². The van der Waals surface area contributed by atoms with Gasteiger partial charge in [0.1, 0.15) is 0 Å². The number of hydrogen-bond acceptors (Lipinski definition) is 3. The molecule has 2 rings (SSSR count). The first-order valence-corrected chi connectivity index (χ1v) is 7.53. The van der Waals surface area contributed by atoms with Crippen LogP contribution in [0.4, 0.5) is 5.69 Å². The molecule has 24 heavy (non-hydrogen) atoms. The Morgan fingerprint density at radius 3 is 2.62 bits per heavy atom. The Kier molecular flexibility index (Phi) is 8.77. The third-order valence-corrected chi connectivity index (χ3v) is 3.24. The van der Waals surface area contributed by atoms with Gasteiger partial charge in [0, 0.05) is 24.6 Å². The van der Waals surface area contributed by atoms with Crippen molar-refractivity contribution in [2.75, 3.05) is 18.4 Å². The summed E-state index contributed by atoms with van der Waals surface area (Å²) in [4.78, 5) is 19.9. The van der Waals surface area contributed by atoms with Crippen LogP contribution in [0, 0.1) is 0 Å². The number of hydrogen-bond donors (Lipinski definition) is 3. The molecule has 1 heterocycles. The monoisotopic (exact) mass is 439 g/mol. The average molecular weight is 439 g/mol. The molecular weight excluding hydrogens is 417 g/mol. The summed E-state index contributed by atoms with van der Waals surface area (Å²) in [5.41, 5.74) is 8.51. The Morgan fingerprint density at radius 1 is 1.25 bits per heavy atom. The second-order valence-corrected chi connectivity index (χ2v) is 4.94. The van der Waals surface area contributed by atoms with Gasteiger partial charge in [-0.2, -0.15) is 0 Å². The lowest BCUT2D eigenvalue weighted by Crippen LogP contribution is -2.28. The van der Waals surface area contributed by atoms with Crippen LogP contribution < -0.4 is 16.4 Å². The minimum atomic E-state index is -0.171. The minimum absolute atomic E-state index is 0. The molecule has 0 spiro atoms. The molecule has 0 atom stereocenters. The second-order valence-electron chi connectivity index (χ2n) is 4.94. The van der Waals surface area contributed by atoms with Crippen LogP contribution in [0.5, 0.6) is 0 Å². The third-order valence-electron chi connectivity index (χ3n) is 3.24. The molecule has 4 N–H and O–H groups in total. The summed E-state index contributed by atoms with van der Waals surface area (Å²) in [6.45, 7) is 2.92. The summed E-state index contributed by atoms with van der Waals surface area (Å²) in [6.07, 6.45) is 4.15. The number of pyridine rings is 1. The SMILES string of the molecule is CCc1ccc(NC(N)=NCCNC(=O)c2cccnc2)cc1.I. The molecular formula is C17H22IN5O. The van der Waals surface area contributed by atoms with Gasteiger partial charge in [0.25, 0.3) is 5.91 Å². The summed E-state index contributed by atoms with van der Waals surface area (Å²) in [7, 11) is 0. The number of anilines is 1. The highest BCUT2D eigenvalue weighted by Gasteiger charge is 2.03. The van der Waals surface area contributed by atoms with Crippen molar-refractivity contribution < 1.29 is 4.79 Å². The van der Waals surface area contributed by atoms with Crippen LogP contribution in [0.3, 0.4) is 0 Å². The number of carbonyl (C=O) groups is 1. The molecule has 0 aliphatic rings. The van der Waals surface area contributed by atoms with E-state index in [0.717, 1.165) is 12.1 Å². The predicted octanol–water partition coefficient (Wildman–Crippen LogP) is 2.42.